The standard InChI is InChI=1S/C17H28N4/c1-3-18-17(20-15-9-7-8-10-15)19-13-14-21(2)16-11-5-4-6-12-16/h4-6,11-12,15H,3,7-10,13-14H2,1-2H3,(H2,18,19,20). The Morgan fingerprint density at radius 1 is 1.24 bits per heavy atom. The van der Waals surface area contributed by atoms with Crippen LogP contribution in [0.1, 0.15) is 32.6 Å². The zero-order valence-corrected chi connectivity index (χ0v) is 13.3. The SMILES string of the molecule is CCNC(=NCCN(C)c1ccccc1)NC1CCCC1. The molecule has 0 aromatic heterocycles. The van der Waals surface area contributed by atoms with E-state index in [4.69, 9.17) is 4.99 Å². The highest BCUT2D eigenvalue weighted by atomic mass is 15.2. The zero-order chi connectivity index (χ0) is 14.9. The number of benzene rings is 1. The molecule has 0 heterocycles. The van der Waals surface area contributed by atoms with Crippen molar-refractivity contribution in [3.63, 3.8) is 0 Å². The average Bonchev–Trinajstić information content (AvgIpc) is 3.01. The Bertz CT molecular complexity index is 424. The van der Waals surface area contributed by atoms with Gasteiger partial charge in [0, 0.05) is 31.9 Å². The molecule has 0 bridgehead atoms. The van der Waals surface area contributed by atoms with Crippen LogP contribution in [0.2, 0.25) is 0 Å². The molecular weight excluding hydrogens is 260 g/mol. The van der Waals surface area contributed by atoms with Crippen molar-refractivity contribution < 1.29 is 0 Å². The predicted octanol–water partition coefficient (Wildman–Crippen LogP) is 2.62. The lowest BCUT2D eigenvalue weighted by Crippen LogP contribution is -2.42. The molecule has 4 nitrogen and oxygen atoms in total. The molecule has 116 valence electrons. The van der Waals surface area contributed by atoms with E-state index in [-0.39, 0.29) is 0 Å². The van der Waals surface area contributed by atoms with Crippen molar-refractivity contribution in [3.8, 4) is 0 Å². The second-order valence-electron chi connectivity index (χ2n) is 5.64. The second-order valence-corrected chi connectivity index (χ2v) is 5.64. The number of nitrogens with one attached hydrogen (secondary N) is 2. The summed E-state index contributed by atoms with van der Waals surface area (Å²) in [4.78, 5) is 6.93. The number of rotatable bonds is 6. The van der Waals surface area contributed by atoms with Gasteiger partial charge >= 0.3 is 0 Å². The summed E-state index contributed by atoms with van der Waals surface area (Å²) in [6, 6.07) is 11.1. The van der Waals surface area contributed by atoms with E-state index >= 15 is 0 Å². The smallest absolute Gasteiger partial charge is 0.191 e. The Labute approximate surface area is 128 Å². The summed E-state index contributed by atoms with van der Waals surface area (Å²) < 4.78 is 0. The number of nitrogens with zero attached hydrogens (tertiary/aromatic N) is 2. The van der Waals surface area contributed by atoms with Gasteiger partial charge in [-0.1, -0.05) is 31.0 Å². The first-order chi connectivity index (χ1) is 10.3. The molecule has 21 heavy (non-hydrogen) atoms. The van der Waals surface area contributed by atoms with Crippen LogP contribution in [0.4, 0.5) is 5.69 Å². The van der Waals surface area contributed by atoms with E-state index in [0.717, 1.165) is 25.6 Å². The molecule has 4 heteroatoms. The number of hydrogen-bond acceptors (Lipinski definition) is 2. The van der Waals surface area contributed by atoms with Crippen LogP contribution in [0, 0.1) is 0 Å². The van der Waals surface area contributed by atoms with E-state index < -0.39 is 0 Å². The molecule has 1 saturated carbocycles. The summed E-state index contributed by atoms with van der Waals surface area (Å²) in [7, 11) is 2.11. The molecule has 0 aliphatic heterocycles. The molecule has 1 aliphatic carbocycles. The highest BCUT2D eigenvalue weighted by molar-refractivity contribution is 5.80. The molecule has 1 aromatic carbocycles. The summed E-state index contributed by atoms with van der Waals surface area (Å²) in [5, 5.41) is 6.89. The Morgan fingerprint density at radius 3 is 2.62 bits per heavy atom. The molecule has 2 rings (SSSR count). The summed E-state index contributed by atoms with van der Waals surface area (Å²) in [6.07, 6.45) is 5.23. The zero-order valence-electron chi connectivity index (χ0n) is 13.3. The van der Waals surface area contributed by atoms with Gasteiger partial charge in [0.2, 0.25) is 0 Å². The molecule has 0 amide bonds. The van der Waals surface area contributed by atoms with E-state index in [2.05, 4.69) is 53.8 Å². The monoisotopic (exact) mass is 288 g/mol. The first kappa shape index (κ1) is 15.7. The minimum atomic E-state index is 0.606. The van der Waals surface area contributed by atoms with Gasteiger partial charge in [0.15, 0.2) is 5.96 Å². The lowest BCUT2D eigenvalue weighted by molar-refractivity contribution is 0.614. The first-order valence-corrected chi connectivity index (χ1v) is 8.10. The Balaban J connectivity index is 1.81. The Morgan fingerprint density at radius 2 is 1.95 bits per heavy atom. The van der Waals surface area contributed by atoms with E-state index in [1.165, 1.54) is 31.4 Å². The molecule has 1 aromatic rings. The van der Waals surface area contributed by atoms with E-state index in [0.29, 0.717) is 6.04 Å². The summed E-state index contributed by atoms with van der Waals surface area (Å²) in [5.74, 6) is 0.964. The fourth-order valence-electron chi connectivity index (χ4n) is 2.71. The normalized spacial score (nSPS) is 16.0. The fraction of sp³-hybridized carbons (Fsp3) is 0.588. The number of para-hydroxylation sites is 1. The number of guanidine groups is 1. The van der Waals surface area contributed by atoms with Crippen LogP contribution in [0.5, 0.6) is 0 Å². The Hall–Kier alpha value is -1.71. The molecule has 0 radical (unpaired) electrons. The van der Waals surface area contributed by atoms with Crippen molar-refractivity contribution in [2.24, 2.45) is 4.99 Å². The lowest BCUT2D eigenvalue weighted by atomic mass is 10.2. The van der Waals surface area contributed by atoms with E-state index in [1.54, 1.807) is 0 Å². The predicted molar refractivity (Wildman–Crippen MR) is 91.1 cm³/mol. The van der Waals surface area contributed by atoms with Gasteiger partial charge in [0.05, 0.1) is 6.54 Å². The largest absolute Gasteiger partial charge is 0.373 e. The molecular formula is C17H28N4. The Kier molecular flexibility index (Phi) is 6.38. The van der Waals surface area contributed by atoms with Gasteiger partial charge in [0.1, 0.15) is 0 Å². The topological polar surface area (TPSA) is 39.7 Å². The van der Waals surface area contributed by atoms with Crippen LogP contribution in [-0.2, 0) is 0 Å². The van der Waals surface area contributed by atoms with Gasteiger partial charge in [-0.3, -0.25) is 4.99 Å². The van der Waals surface area contributed by atoms with Crippen LogP contribution < -0.4 is 15.5 Å². The third kappa shape index (κ3) is 5.29. The summed E-state index contributed by atoms with van der Waals surface area (Å²) in [6.45, 7) is 4.74. The molecule has 0 atom stereocenters. The van der Waals surface area contributed by atoms with Crippen LogP contribution >= 0.6 is 0 Å². The maximum absolute atomic E-state index is 4.70. The average molecular weight is 288 g/mol. The number of likely N-dealkylation sites (N-methyl/N-ethyl adjacent to an activating group) is 1. The van der Waals surface area contributed by atoms with E-state index in [1.807, 2.05) is 6.07 Å². The number of hydrogen-bond donors (Lipinski definition) is 2. The minimum absolute atomic E-state index is 0.606. The van der Waals surface area contributed by atoms with Gasteiger partial charge < -0.3 is 15.5 Å². The van der Waals surface area contributed by atoms with Gasteiger partial charge in [0.25, 0.3) is 0 Å². The first-order valence-electron chi connectivity index (χ1n) is 8.10. The van der Waals surface area contributed by atoms with Crippen molar-refractivity contribution in [3.05, 3.63) is 30.3 Å². The van der Waals surface area contributed by atoms with Crippen molar-refractivity contribution in [1.29, 1.82) is 0 Å². The van der Waals surface area contributed by atoms with Crippen LogP contribution in [-0.4, -0.2) is 38.7 Å². The van der Waals surface area contributed by atoms with Crippen LogP contribution in [0.15, 0.2) is 35.3 Å². The van der Waals surface area contributed by atoms with Crippen molar-refractivity contribution >= 4 is 11.6 Å². The number of anilines is 1. The van der Waals surface area contributed by atoms with Gasteiger partial charge in [-0.15, -0.1) is 0 Å². The lowest BCUT2D eigenvalue weighted by Gasteiger charge is -2.19. The maximum atomic E-state index is 4.70. The third-order valence-corrected chi connectivity index (χ3v) is 3.94. The summed E-state index contributed by atoms with van der Waals surface area (Å²) >= 11 is 0. The highest BCUT2D eigenvalue weighted by Gasteiger charge is 2.15. The maximum Gasteiger partial charge on any atom is 0.191 e. The quantitative estimate of drug-likeness (QED) is 0.624. The molecule has 2 N–H and O–H groups in total. The van der Waals surface area contributed by atoms with E-state index in [9.17, 15) is 0 Å². The van der Waals surface area contributed by atoms with Crippen molar-refractivity contribution in [1.82, 2.24) is 10.6 Å². The summed E-state index contributed by atoms with van der Waals surface area (Å²) in [5.41, 5.74) is 1.24. The van der Waals surface area contributed by atoms with Crippen molar-refractivity contribution in [2.45, 2.75) is 38.6 Å². The van der Waals surface area contributed by atoms with Crippen LogP contribution in [0.25, 0.3) is 0 Å². The molecule has 1 aliphatic rings. The van der Waals surface area contributed by atoms with Gasteiger partial charge in [-0.05, 0) is 31.9 Å². The number of aliphatic imine (C=N–C) groups is 1. The molecule has 0 unspecified atom stereocenters. The van der Waals surface area contributed by atoms with Crippen molar-refractivity contribution in [2.75, 3.05) is 31.6 Å². The highest BCUT2D eigenvalue weighted by Crippen LogP contribution is 2.17. The molecule has 1 fully saturated rings. The van der Waals surface area contributed by atoms with Gasteiger partial charge in [-0.2, -0.15) is 0 Å². The fourth-order valence-corrected chi connectivity index (χ4v) is 2.71. The molecule has 0 spiro atoms. The molecule has 0 saturated heterocycles. The van der Waals surface area contributed by atoms with Crippen LogP contribution in [0.3, 0.4) is 0 Å². The second kappa shape index (κ2) is 8.55. The third-order valence-electron chi connectivity index (χ3n) is 3.94. The minimum Gasteiger partial charge on any atom is -0.373 e. The van der Waals surface area contributed by atoms with Gasteiger partial charge in [-0.25, -0.2) is 0 Å².